The van der Waals surface area contributed by atoms with Gasteiger partial charge in [-0.2, -0.15) is 5.10 Å². The molecule has 0 saturated heterocycles. The molecule has 0 atom stereocenters. The lowest BCUT2D eigenvalue weighted by molar-refractivity contribution is 0.0697. The maximum absolute atomic E-state index is 10.9. The van der Waals surface area contributed by atoms with Gasteiger partial charge >= 0.3 is 5.97 Å². The van der Waals surface area contributed by atoms with E-state index < -0.39 is 5.97 Å². The highest BCUT2D eigenvalue weighted by molar-refractivity contribution is 5.92. The van der Waals surface area contributed by atoms with Gasteiger partial charge in [-0.25, -0.2) is 9.78 Å². The van der Waals surface area contributed by atoms with Crippen molar-refractivity contribution in [1.29, 1.82) is 0 Å². The van der Waals surface area contributed by atoms with Gasteiger partial charge in [0, 0.05) is 0 Å². The van der Waals surface area contributed by atoms with Crippen molar-refractivity contribution in [2.75, 3.05) is 0 Å². The molecule has 0 spiro atoms. The Morgan fingerprint density at radius 1 is 1.37 bits per heavy atom. The van der Waals surface area contributed by atoms with Crippen LogP contribution in [0.5, 0.6) is 0 Å². The number of nitrogens with one attached hydrogen (secondary N) is 2. The van der Waals surface area contributed by atoms with Crippen molar-refractivity contribution in [2.24, 2.45) is 0 Å². The first-order valence-corrected chi connectivity index (χ1v) is 5.95. The van der Waals surface area contributed by atoms with Crippen LogP contribution in [0.3, 0.4) is 0 Å². The van der Waals surface area contributed by atoms with Crippen molar-refractivity contribution in [1.82, 2.24) is 20.2 Å². The molecule has 0 saturated carbocycles. The van der Waals surface area contributed by atoms with Gasteiger partial charge in [0.2, 0.25) is 0 Å². The van der Waals surface area contributed by atoms with Crippen molar-refractivity contribution >= 4 is 17.0 Å². The molecule has 2 aromatic heterocycles. The topological polar surface area (TPSA) is 94.7 Å². The fourth-order valence-electron chi connectivity index (χ4n) is 1.93. The highest BCUT2D eigenvalue weighted by Crippen LogP contribution is 2.20. The maximum atomic E-state index is 10.9. The number of imidazole rings is 1. The number of rotatable bonds is 3. The Morgan fingerprint density at radius 3 is 2.89 bits per heavy atom. The van der Waals surface area contributed by atoms with E-state index in [1.54, 1.807) is 18.2 Å². The van der Waals surface area contributed by atoms with E-state index in [1.165, 1.54) is 0 Å². The summed E-state index contributed by atoms with van der Waals surface area (Å²) in [5.41, 5.74) is 3.41. The number of hydrogen-bond acceptors (Lipinski definition) is 3. The van der Waals surface area contributed by atoms with Gasteiger partial charge in [0.25, 0.3) is 0 Å². The molecule has 6 nitrogen and oxygen atoms in total. The molecule has 0 aliphatic rings. The molecule has 3 aromatic rings. The van der Waals surface area contributed by atoms with Crippen LogP contribution >= 0.6 is 0 Å². The second kappa shape index (κ2) is 4.24. The van der Waals surface area contributed by atoms with Gasteiger partial charge < -0.3 is 10.1 Å². The molecule has 96 valence electrons. The third kappa shape index (κ3) is 1.97. The van der Waals surface area contributed by atoms with Crippen LogP contribution in [-0.4, -0.2) is 31.2 Å². The number of aromatic nitrogens is 4. The Bertz CT molecular complexity index is 757. The molecule has 2 heterocycles. The molecule has 0 unspecified atom stereocenters. The normalized spacial score (nSPS) is 11.0. The number of fused-ring (bicyclic) bond motifs is 1. The number of aryl methyl sites for hydroxylation is 1. The van der Waals surface area contributed by atoms with E-state index in [0.29, 0.717) is 11.3 Å². The van der Waals surface area contributed by atoms with Crippen molar-refractivity contribution in [3.63, 3.8) is 0 Å². The lowest BCUT2D eigenvalue weighted by atomic mass is 10.2. The van der Waals surface area contributed by atoms with Crippen molar-refractivity contribution in [3.05, 3.63) is 35.5 Å². The largest absolute Gasteiger partial charge is 0.478 e. The van der Waals surface area contributed by atoms with Crippen molar-refractivity contribution in [2.45, 2.75) is 13.3 Å². The Hall–Kier alpha value is -2.63. The molecule has 19 heavy (non-hydrogen) atoms. The Kier molecular flexibility index (Phi) is 2.56. The van der Waals surface area contributed by atoms with Crippen LogP contribution in [0.1, 0.15) is 23.0 Å². The molecule has 0 aliphatic carbocycles. The van der Waals surface area contributed by atoms with Gasteiger partial charge in [-0.15, -0.1) is 0 Å². The van der Waals surface area contributed by atoms with Gasteiger partial charge in [-0.1, -0.05) is 6.92 Å². The van der Waals surface area contributed by atoms with E-state index in [4.69, 9.17) is 5.11 Å². The first-order chi connectivity index (χ1) is 9.17. The highest BCUT2D eigenvalue weighted by atomic mass is 16.4. The Balaban J connectivity index is 2.08. The molecule has 0 aliphatic heterocycles. The molecule has 0 radical (unpaired) electrons. The maximum Gasteiger partial charge on any atom is 0.335 e. The Labute approximate surface area is 108 Å². The fourth-order valence-corrected chi connectivity index (χ4v) is 1.93. The number of aromatic amines is 2. The second-order valence-electron chi connectivity index (χ2n) is 4.25. The van der Waals surface area contributed by atoms with E-state index in [1.807, 2.05) is 13.0 Å². The quantitative estimate of drug-likeness (QED) is 0.669. The van der Waals surface area contributed by atoms with E-state index in [2.05, 4.69) is 20.2 Å². The minimum absolute atomic E-state index is 0.226. The SMILES string of the molecule is CCc1cc(-c2nc3cc(C(=O)O)ccc3[nH]2)[nH]n1. The summed E-state index contributed by atoms with van der Waals surface area (Å²) in [4.78, 5) is 18.4. The zero-order valence-corrected chi connectivity index (χ0v) is 10.3. The van der Waals surface area contributed by atoms with Crippen LogP contribution in [0, 0.1) is 0 Å². The third-order valence-electron chi connectivity index (χ3n) is 2.98. The molecule has 0 bridgehead atoms. The number of carboxylic acid groups (broad SMARTS) is 1. The summed E-state index contributed by atoms with van der Waals surface area (Å²) in [6.07, 6.45) is 0.847. The summed E-state index contributed by atoms with van der Waals surface area (Å²) < 4.78 is 0. The van der Waals surface area contributed by atoms with Gasteiger partial charge in [0.05, 0.1) is 22.3 Å². The number of nitrogens with zero attached hydrogens (tertiary/aromatic N) is 2. The van der Waals surface area contributed by atoms with Crippen LogP contribution in [0.15, 0.2) is 24.3 Å². The molecule has 0 fully saturated rings. The molecule has 1 aromatic carbocycles. The third-order valence-corrected chi connectivity index (χ3v) is 2.98. The lowest BCUT2D eigenvalue weighted by Gasteiger charge is -1.92. The smallest absolute Gasteiger partial charge is 0.335 e. The number of carboxylic acids is 1. The molecule has 0 amide bonds. The minimum atomic E-state index is -0.957. The summed E-state index contributed by atoms with van der Waals surface area (Å²) in [7, 11) is 0. The standard InChI is InChI=1S/C13H12N4O2/c1-2-8-6-11(17-16-8)12-14-9-4-3-7(13(18)19)5-10(9)15-12/h3-6H,2H2,1H3,(H,14,15)(H,16,17)(H,18,19). The summed E-state index contributed by atoms with van der Waals surface area (Å²) in [5, 5.41) is 16.0. The fraction of sp³-hybridized carbons (Fsp3) is 0.154. The van der Waals surface area contributed by atoms with Crippen LogP contribution in [0.2, 0.25) is 0 Å². The molecule has 3 rings (SSSR count). The summed E-state index contributed by atoms with van der Waals surface area (Å²) in [5.74, 6) is -0.300. The van der Waals surface area contributed by atoms with Crippen LogP contribution in [0.25, 0.3) is 22.6 Å². The van der Waals surface area contributed by atoms with Crippen LogP contribution < -0.4 is 0 Å². The van der Waals surface area contributed by atoms with Gasteiger partial charge in [-0.05, 0) is 30.7 Å². The summed E-state index contributed by atoms with van der Waals surface area (Å²) in [6.45, 7) is 2.03. The predicted octanol–water partition coefficient (Wildman–Crippen LogP) is 2.21. The number of benzene rings is 1. The van der Waals surface area contributed by atoms with E-state index in [0.717, 1.165) is 23.3 Å². The average molecular weight is 256 g/mol. The van der Waals surface area contributed by atoms with E-state index in [9.17, 15) is 4.79 Å². The summed E-state index contributed by atoms with van der Waals surface area (Å²) >= 11 is 0. The average Bonchev–Trinajstić information content (AvgIpc) is 3.03. The number of aromatic carboxylic acids is 1. The molecule has 3 N–H and O–H groups in total. The molecular formula is C13H12N4O2. The molecular weight excluding hydrogens is 244 g/mol. The summed E-state index contributed by atoms with van der Waals surface area (Å²) in [6, 6.07) is 6.74. The van der Waals surface area contributed by atoms with E-state index in [-0.39, 0.29) is 5.56 Å². The zero-order valence-electron chi connectivity index (χ0n) is 10.3. The van der Waals surface area contributed by atoms with Gasteiger partial charge in [-0.3, -0.25) is 5.10 Å². The van der Waals surface area contributed by atoms with Crippen molar-refractivity contribution in [3.8, 4) is 11.5 Å². The van der Waals surface area contributed by atoms with Gasteiger partial charge in [0.1, 0.15) is 5.69 Å². The number of H-pyrrole nitrogens is 2. The molecule has 6 heteroatoms. The van der Waals surface area contributed by atoms with Crippen molar-refractivity contribution < 1.29 is 9.90 Å². The zero-order chi connectivity index (χ0) is 13.4. The van der Waals surface area contributed by atoms with Gasteiger partial charge in [0.15, 0.2) is 5.82 Å². The predicted molar refractivity (Wildman–Crippen MR) is 70.0 cm³/mol. The van der Waals surface area contributed by atoms with Crippen LogP contribution in [0.4, 0.5) is 0 Å². The lowest BCUT2D eigenvalue weighted by Crippen LogP contribution is -1.94. The number of hydrogen-bond donors (Lipinski definition) is 3. The second-order valence-corrected chi connectivity index (χ2v) is 4.25. The van der Waals surface area contributed by atoms with Crippen LogP contribution in [-0.2, 0) is 6.42 Å². The first-order valence-electron chi connectivity index (χ1n) is 5.95. The monoisotopic (exact) mass is 256 g/mol. The minimum Gasteiger partial charge on any atom is -0.478 e. The highest BCUT2D eigenvalue weighted by Gasteiger charge is 2.10. The Morgan fingerprint density at radius 2 is 2.21 bits per heavy atom. The number of carbonyl (C=O) groups is 1. The first kappa shape index (κ1) is 11.5. The van der Waals surface area contributed by atoms with E-state index >= 15 is 0 Å².